The summed E-state index contributed by atoms with van der Waals surface area (Å²) in [4.78, 5) is -0.00849. The maximum Gasteiger partial charge on any atom is 0.247 e. The van der Waals surface area contributed by atoms with Gasteiger partial charge >= 0.3 is 0 Å². The molecule has 1 aliphatic heterocycles. The van der Waals surface area contributed by atoms with E-state index in [0.29, 0.717) is 12.3 Å². The zero-order chi connectivity index (χ0) is 17.8. The number of methoxy groups -OCH3 is 3. The molecule has 1 fully saturated rings. The van der Waals surface area contributed by atoms with E-state index in [0.717, 1.165) is 25.9 Å². The van der Waals surface area contributed by atoms with Crippen LogP contribution in [-0.2, 0) is 10.0 Å². The Bertz CT molecular complexity index is 650. The van der Waals surface area contributed by atoms with Crippen molar-refractivity contribution in [1.82, 2.24) is 10.0 Å². The van der Waals surface area contributed by atoms with E-state index in [1.54, 1.807) is 0 Å². The van der Waals surface area contributed by atoms with Crippen LogP contribution in [0, 0.1) is 5.41 Å². The third-order valence-electron chi connectivity index (χ3n) is 4.44. The first-order valence-electron chi connectivity index (χ1n) is 7.85. The number of hydrogen-bond acceptors (Lipinski definition) is 6. The van der Waals surface area contributed by atoms with E-state index in [-0.39, 0.29) is 34.2 Å². The van der Waals surface area contributed by atoms with Crippen molar-refractivity contribution in [2.24, 2.45) is 5.41 Å². The molecule has 25 heavy (non-hydrogen) atoms. The number of rotatable bonds is 7. The second-order valence-corrected chi connectivity index (χ2v) is 7.95. The summed E-state index contributed by atoms with van der Waals surface area (Å²) in [5.41, 5.74) is -0.0642. The van der Waals surface area contributed by atoms with Crippen LogP contribution in [0.1, 0.15) is 19.8 Å². The molecule has 0 unspecified atom stereocenters. The lowest BCUT2D eigenvalue weighted by Gasteiger charge is -2.34. The number of sulfonamides is 1. The number of hydrogen-bond donors (Lipinski definition) is 2. The van der Waals surface area contributed by atoms with E-state index >= 15 is 0 Å². The van der Waals surface area contributed by atoms with Gasteiger partial charge in [-0.15, -0.1) is 12.4 Å². The summed E-state index contributed by atoms with van der Waals surface area (Å²) in [6, 6.07) is 3.06. The molecular weight excluding hydrogens is 368 g/mol. The molecule has 1 aromatic carbocycles. The zero-order valence-electron chi connectivity index (χ0n) is 15.0. The molecule has 0 spiro atoms. The smallest absolute Gasteiger partial charge is 0.247 e. The zero-order valence-corrected chi connectivity index (χ0v) is 16.7. The molecule has 7 nitrogen and oxygen atoms in total. The number of nitrogens with one attached hydrogen (secondary N) is 2. The highest BCUT2D eigenvalue weighted by Crippen LogP contribution is 2.38. The molecule has 0 radical (unpaired) electrons. The Morgan fingerprint density at radius 3 is 2.04 bits per heavy atom. The van der Waals surface area contributed by atoms with Crippen molar-refractivity contribution in [1.29, 1.82) is 0 Å². The van der Waals surface area contributed by atoms with E-state index in [4.69, 9.17) is 14.2 Å². The van der Waals surface area contributed by atoms with E-state index < -0.39 is 10.0 Å². The van der Waals surface area contributed by atoms with Gasteiger partial charge < -0.3 is 19.5 Å². The molecule has 0 atom stereocenters. The molecule has 0 bridgehead atoms. The Labute approximate surface area is 155 Å². The maximum atomic E-state index is 12.8. The van der Waals surface area contributed by atoms with Crippen LogP contribution in [0.2, 0.25) is 0 Å². The lowest BCUT2D eigenvalue weighted by atomic mass is 9.81. The summed E-state index contributed by atoms with van der Waals surface area (Å²) in [6.45, 7) is 4.26. The molecule has 1 saturated heterocycles. The quantitative estimate of drug-likeness (QED) is 0.733. The summed E-state index contributed by atoms with van der Waals surface area (Å²) in [5, 5.41) is 3.29. The van der Waals surface area contributed by atoms with Crippen molar-refractivity contribution in [3.05, 3.63) is 12.1 Å². The molecule has 1 aliphatic rings. The molecule has 0 aliphatic carbocycles. The molecular formula is C16H27ClN2O5S. The number of halogens is 1. The van der Waals surface area contributed by atoms with E-state index in [1.165, 1.54) is 33.5 Å². The molecule has 0 saturated carbocycles. The van der Waals surface area contributed by atoms with Gasteiger partial charge in [0.25, 0.3) is 0 Å². The summed E-state index contributed by atoms with van der Waals surface area (Å²) in [7, 11) is 0.550. The van der Waals surface area contributed by atoms with Crippen LogP contribution < -0.4 is 24.2 Å². The summed E-state index contributed by atoms with van der Waals surface area (Å²) in [6.07, 6.45) is 1.85. The Morgan fingerprint density at radius 2 is 1.60 bits per heavy atom. The standard InChI is InChI=1S/C16H26N2O5S.ClH/c1-16(5-7-17-8-6-16)11-18-24(19,20)15-13(22-3)9-12(21-2)10-14(15)23-4;/h9-10,17-18H,5-8,11H2,1-4H3;1H. The van der Waals surface area contributed by atoms with Gasteiger partial charge in [0.05, 0.1) is 21.3 Å². The molecule has 0 aromatic heterocycles. The SMILES string of the molecule is COc1cc(OC)c(S(=O)(=O)NCC2(C)CCNCC2)c(OC)c1.Cl. The van der Waals surface area contributed by atoms with Crippen LogP contribution in [0.25, 0.3) is 0 Å². The van der Waals surface area contributed by atoms with Crippen LogP contribution in [-0.4, -0.2) is 49.4 Å². The fourth-order valence-electron chi connectivity index (χ4n) is 2.79. The third kappa shape index (κ3) is 5.13. The minimum absolute atomic E-state index is 0. The summed E-state index contributed by atoms with van der Waals surface area (Å²) < 4.78 is 44.1. The van der Waals surface area contributed by atoms with Gasteiger partial charge in [-0.05, 0) is 31.3 Å². The van der Waals surface area contributed by atoms with Crippen molar-refractivity contribution in [3.8, 4) is 17.2 Å². The largest absolute Gasteiger partial charge is 0.496 e. The summed E-state index contributed by atoms with van der Waals surface area (Å²) >= 11 is 0. The topological polar surface area (TPSA) is 85.9 Å². The van der Waals surface area contributed by atoms with E-state index in [9.17, 15) is 8.42 Å². The van der Waals surface area contributed by atoms with Crippen molar-refractivity contribution in [3.63, 3.8) is 0 Å². The average Bonchev–Trinajstić information content (AvgIpc) is 2.59. The lowest BCUT2D eigenvalue weighted by Crippen LogP contribution is -2.42. The van der Waals surface area contributed by atoms with Gasteiger partial charge in [0.1, 0.15) is 17.2 Å². The van der Waals surface area contributed by atoms with Crippen LogP contribution in [0.3, 0.4) is 0 Å². The molecule has 2 rings (SSSR count). The molecule has 1 aromatic rings. The normalized spacial score (nSPS) is 16.6. The van der Waals surface area contributed by atoms with Gasteiger partial charge in [0.2, 0.25) is 10.0 Å². The van der Waals surface area contributed by atoms with Crippen molar-refractivity contribution >= 4 is 22.4 Å². The monoisotopic (exact) mass is 394 g/mol. The Hall–Kier alpha value is -1.22. The predicted octanol–water partition coefficient (Wildman–Crippen LogP) is 1.80. The van der Waals surface area contributed by atoms with Crippen LogP contribution >= 0.6 is 12.4 Å². The Morgan fingerprint density at radius 1 is 1.08 bits per heavy atom. The molecule has 0 amide bonds. The molecule has 2 N–H and O–H groups in total. The number of piperidine rings is 1. The summed E-state index contributed by atoms with van der Waals surface area (Å²) in [5.74, 6) is 0.844. The second-order valence-electron chi connectivity index (χ2n) is 6.25. The third-order valence-corrected chi connectivity index (χ3v) is 5.90. The first kappa shape index (κ1) is 21.8. The first-order chi connectivity index (χ1) is 11.3. The van der Waals surface area contributed by atoms with Gasteiger partial charge in [-0.25, -0.2) is 13.1 Å². The highest BCUT2D eigenvalue weighted by molar-refractivity contribution is 7.89. The van der Waals surface area contributed by atoms with Gasteiger partial charge in [-0.2, -0.15) is 0 Å². The second kappa shape index (κ2) is 8.93. The first-order valence-corrected chi connectivity index (χ1v) is 9.34. The molecule has 144 valence electrons. The minimum Gasteiger partial charge on any atom is -0.496 e. The van der Waals surface area contributed by atoms with Gasteiger partial charge in [0, 0.05) is 18.7 Å². The number of ether oxygens (including phenoxy) is 3. The average molecular weight is 395 g/mol. The fourth-order valence-corrected chi connectivity index (χ4v) is 4.28. The lowest BCUT2D eigenvalue weighted by molar-refractivity contribution is 0.232. The van der Waals surface area contributed by atoms with Crippen LogP contribution in [0.15, 0.2) is 17.0 Å². The van der Waals surface area contributed by atoms with Crippen LogP contribution in [0.4, 0.5) is 0 Å². The fraction of sp³-hybridized carbons (Fsp3) is 0.625. The van der Waals surface area contributed by atoms with Crippen LogP contribution in [0.5, 0.6) is 17.2 Å². The maximum absolute atomic E-state index is 12.8. The Balaban J connectivity index is 0.00000312. The Kier molecular flexibility index (Phi) is 7.80. The van der Waals surface area contributed by atoms with Crippen molar-refractivity contribution < 1.29 is 22.6 Å². The predicted molar refractivity (Wildman–Crippen MR) is 98.7 cm³/mol. The van der Waals surface area contributed by atoms with E-state index in [1.807, 2.05) is 0 Å². The highest BCUT2D eigenvalue weighted by atomic mass is 35.5. The highest BCUT2D eigenvalue weighted by Gasteiger charge is 2.31. The van der Waals surface area contributed by atoms with Crippen molar-refractivity contribution in [2.75, 3.05) is 41.0 Å². The van der Waals surface area contributed by atoms with E-state index in [2.05, 4.69) is 17.0 Å². The minimum atomic E-state index is -3.78. The number of benzene rings is 1. The van der Waals surface area contributed by atoms with Gasteiger partial charge in [0.15, 0.2) is 4.90 Å². The van der Waals surface area contributed by atoms with Gasteiger partial charge in [-0.3, -0.25) is 0 Å². The van der Waals surface area contributed by atoms with Gasteiger partial charge in [-0.1, -0.05) is 6.92 Å². The van der Waals surface area contributed by atoms with Crippen molar-refractivity contribution in [2.45, 2.75) is 24.7 Å². The molecule has 1 heterocycles. The molecule has 9 heteroatoms.